The summed E-state index contributed by atoms with van der Waals surface area (Å²) in [4.78, 5) is 12.1. The van der Waals surface area contributed by atoms with E-state index in [1.807, 2.05) is 25.1 Å². The third-order valence-corrected chi connectivity index (χ3v) is 5.27. The number of hydrogen-bond acceptors (Lipinski definition) is 3. The van der Waals surface area contributed by atoms with E-state index in [0.29, 0.717) is 0 Å². The molecule has 0 spiro atoms. The standard InChI is InChI=1S/C15H22N2OS/c1-11-5-4-6-12(9-11)17-15(13(16)18)10-19-8-7-14(15,2)3/h4-6,9,17H,7-8,10H2,1-3H3,(H2,16,18). The van der Waals surface area contributed by atoms with Crippen LogP contribution in [0.15, 0.2) is 24.3 Å². The normalized spacial score (nSPS) is 25.8. The number of rotatable bonds is 3. The van der Waals surface area contributed by atoms with E-state index in [4.69, 9.17) is 5.73 Å². The number of carbonyl (C=O) groups is 1. The van der Waals surface area contributed by atoms with Crippen molar-refractivity contribution < 1.29 is 4.79 Å². The average molecular weight is 278 g/mol. The van der Waals surface area contributed by atoms with Gasteiger partial charge in [0.25, 0.3) is 0 Å². The van der Waals surface area contributed by atoms with E-state index in [0.717, 1.165) is 23.6 Å². The maximum atomic E-state index is 12.1. The highest BCUT2D eigenvalue weighted by Gasteiger charge is 2.51. The number of anilines is 1. The number of carbonyl (C=O) groups excluding carboxylic acids is 1. The zero-order chi connectivity index (χ0) is 14.1. The summed E-state index contributed by atoms with van der Waals surface area (Å²) in [5.74, 6) is 1.55. The molecular formula is C15H22N2OS. The molecular weight excluding hydrogens is 256 g/mol. The van der Waals surface area contributed by atoms with Crippen LogP contribution in [0.4, 0.5) is 5.69 Å². The molecule has 0 aromatic heterocycles. The summed E-state index contributed by atoms with van der Waals surface area (Å²) >= 11 is 1.79. The van der Waals surface area contributed by atoms with Gasteiger partial charge in [0.05, 0.1) is 0 Å². The van der Waals surface area contributed by atoms with E-state index in [-0.39, 0.29) is 11.3 Å². The van der Waals surface area contributed by atoms with E-state index in [1.165, 1.54) is 5.56 Å². The lowest BCUT2D eigenvalue weighted by Gasteiger charge is -2.48. The van der Waals surface area contributed by atoms with Gasteiger partial charge in [-0.3, -0.25) is 4.79 Å². The molecule has 1 saturated heterocycles. The predicted octanol–water partition coefficient (Wildman–Crippen LogP) is 2.79. The number of primary amides is 1. The SMILES string of the molecule is Cc1cccc(NC2(C(N)=O)CSCCC2(C)C)c1. The minimum atomic E-state index is -0.677. The number of hydrogen-bond donors (Lipinski definition) is 2. The smallest absolute Gasteiger partial charge is 0.244 e. The Kier molecular flexibility index (Phi) is 3.81. The number of nitrogens with one attached hydrogen (secondary N) is 1. The van der Waals surface area contributed by atoms with Gasteiger partial charge < -0.3 is 11.1 Å². The van der Waals surface area contributed by atoms with E-state index >= 15 is 0 Å². The number of thioether (sulfide) groups is 1. The molecule has 19 heavy (non-hydrogen) atoms. The van der Waals surface area contributed by atoms with Gasteiger partial charge in [-0.05, 0) is 42.2 Å². The first kappa shape index (κ1) is 14.3. The first-order chi connectivity index (χ1) is 8.87. The van der Waals surface area contributed by atoms with Gasteiger partial charge in [0, 0.05) is 11.4 Å². The van der Waals surface area contributed by atoms with Gasteiger partial charge in [0.2, 0.25) is 5.91 Å². The Morgan fingerprint density at radius 2 is 2.16 bits per heavy atom. The molecule has 1 aliphatic heterocycles. The Morgan fingerprint density at radius 3 is 2.74 bits per heavy atom. The molecule has 0 radical (unpaired) electrons. The van der Waals surface area contributed by atoms with Gasteiger partial charge in [0.15, 0.2) is 0 Å². The van der Waals surface area contributed by atoms with Crippen molar-refractivity contribution in [1.29, 1.82) is 0 Å². The fourth-order valence-electron chi connectivity index (χ4n) is 2.60. The Bertz CT molecular complexity index is 487. The van der Waals surface area contributed by atoms with Crippen molar-refractivity contribution in [2.45, 2.75) is 32.7 Å². The predicted molar refractivity (Wildman–Crippen MR) is 82.5 cm³/mol. The van der Waals surface area contributed by atoms with E-state index in [1.54, 1.807) is 11.8 Å². The monoisotopic (exact) mass is 278 g/mol. The molecule has 1 amide bonds. The lowest BCUT2D eigenvalue weighted by atomic mass is 9.70. The van der Waals surface area contributed by atoms with Crippen molar-refractivity contribution in [1.82, 2.24) is 0 Å². The Balaban J connectivity index is 2.37. The molecule has 1 fully saturated rings. The topological polar surface area (TPSA) is 55.1 Å². The van der Waals surface area contributed by atoms with Crippen LogP contribution >= 0.6 is 11.8 Å². The second kappa shape index (κ2) is 5.08. The Labute approximate surface area is 119 Å². The molecule has 1 unspecified atom stereocenters. The summed E-state index contributed by atoms with van der Waals surface area (Å²) in [6.45, 7) is 6.30. The van der Waals surface area contributed by atoms with Gasteiger partial charge in [-0.15, -0.1) is 0 Å². The molecule has 1 aromatic carbocycles. The van der Waals surface area contributed by atoms with Crippen LogP contribution in [0.3, 0.4) is 0 Å². The van der Waals surface area contributed by atoms with E-state index in [9.17, 15) is 4.79 Å². The fourth-order valence-corrected chi connectivity index (χ4v) is 4.31. The molecule has 0 bridgehead atoms. The van der Waals surface area contributed by atoms with Gasteiger partial charge in [-0.25, -0.2) is 0 Å². The van der Waals surface area contributed by atoms with Crippen molar-refractivity contribution in [3.8, 4) is 0 Å². The molecule has 1 heterocycles. The molecule has 0 aliphatic carbocycles. The minimum absolute atomic E-state index is 0.145. The number of benzene rings is 1. The number of amides is 1. The number of nitrogens with two attached hydrogens (primary N) is 1. The Hall–Kier alpha value is -1.16. The highest BCUT2D eigenvalue weighted by molar-refractivity contribution is 7.99. The van der Waals surface area contributed by atoms with Crippen LogP contribution < -0.4 is 11.1 Å². The third kappa shape index (κ3) is 2.59. The lowest BCUT2D eigenvalue weighted by Crippen LogP contribution is -2.63. The van der Waals surface area contributed by atoms with Gasteiger partial charge in [-0.2, -0.15) is 11.8 Å². The molecule has 1 aromatic rings. The summed E-state index contributed by atoms with van der Waals surface area (Å²) in [6.07, 6.45) is 0.986. The van der Waals surface area contributed by atoms with Crippen LogP contribution in [0.25, 0.3) is 0 Å². The van der Waals surface area contributed by atoms with Crippen LogP contribution in [-0.4, -0.2) is 23.0 Å². The van der Waals surface area contributed by atoms with E-state index in [2.05, 4.69) is 25.2 Å². The second-order valence-electron chi connectivity index (χ2n) is 5.95. The average Bonchev–Trinajstić information content (AvgIpc) is 2.31. The molecule has 3 N–H and O–H groups in total. The first-order valence-corrected chi connectivity index (χ1v) is 7.75. The largest absolute Gasteiger partial charge is 0.370 e. The van der Waals surface area contributed by atoms with Gasteiger partial charge in [-0.1, -0.05) is 26.0 Å². The molecule has 2 rings (SSSR count). The van der Waals surface area contributed by atoms with Crippen molar-refractivity contribution in [3.05, 3.63) is 29.8 Å². The lowest BCUT2D eigenvalue weighted by molar-refractivity contribution is -0.125. The molecule has 4 heteroatoms. The molecule has 104 valence electrons. The quantitative estimate of drug-likeness (QED) is 0.894. The van der Waals surface area contributed by atoms with Crippen molar-refractivity contribution in [3.63, 3.8) is 0 Å². The van der Waals surface area contributed by atoms with Crippen LogP contribution in [0.2, 0.25) is 0 Å². The molecule has 3 nitrogen and oxygen atoms in total. The van der Waals surface area contributed by atoms with Crippen LogP contribution in [0.1, 0.15) is 25.8 Å². The number of aryl methyl sites for hydroxylation is 1. The van der Waals surface area contributed by atoms with Gasteiger partial charge in [0.1, 0.15) is 5.54 Å². The molecule has 1 atom stereocenters. The summed E-state index contributed by atoms with van der Waals surface area (Å²) < 4.78 is 0. The van der Waals surface area contributed by atoms with Crippen molar-refractivity contribution in [2.75, 3.05) is 16.8 Å². The van der Waals surface area contributed by atoms with Gasteiger partial charge >= 0.3 is 0 Å². The highest BCUT2D eigenvalue weighted by atomic mass is 32.2. The summed E-state index contributed by atoms with van der Waals surface area (Å²) in [6, 6.07) is 8.09. The fraction of sp³-hybridized carbons (Fsp3) is 0.533. The zero-order valence-electron chi connectivity index (χ0n) is 11.8. The summed E-state index contributed by atoms with van der Waals surface area (Å²) in [7, 11) is 0. The van der Waals surface area contributed by atoms with Crippen LogP contribution in [0, 0.1) is 12.3 Å². The maximum Gasteiger partial charge on any atom is 0.244 e. The zero-order valence-corrected chi connectivity index (χ0v) is 12.6. The maximum absolute atomic E-state index is 12.1. The van der Waals surface area contributed by atoms with Crippen LogP contribution in [-0.2, 0) is 4.79 Å². The summed E-state index contributed by atoms with van der Waals surface area (Å²) in [5.41, 5.74) is 7.07. The second-order valence-corrected chi connectivity index (χ2v) is 7.06. The van der Waals surface area contributed by atoms with Crippen LogP contribution in [0.5, 0.6) is 0 Å². The third-order valence-electron chi connectivity index (χ3n) is 4.14. The Morgan fingerprint density at radius 1 is 1.42 bits per heavy atom. The van der Waals surface area contributed by atoms with E-state index < -0.39 is 5.54 Å². The van der Waals surface area contributed by atoms with Crippen molar-refractivity contribution in [2.24, 2.45) is 11.1 Å². The van der Waals surface area contributed by atoms with Crippen molar-refractivity contribution >= 4 is 23.4 Å². The minimum Gasteiger partial charge on any atom is -0.370 e. The molecule has 1 aliphatic rings. The summed E-state index contributed by atoms with van der Waals surface area (Å²) in [5, 5.41) is 3.43. The first-order valence-electron chi connectivity index (χ1n) is 6.60. The molecule has 0 saturated carbocycles. The highest BCUT2D eigenvalue weighted by Crippen LogP contribution is 2.44.